The van der Waals surface area contributed by atoms with Gasteiger partial charge >= 0.3 is 0 Å². The van der Waals surface area contributed by atoms with Crippen molar-refractivity contribution in [2.24, 2.45) is 7.05 Å². The molecule has 0 atom stereocenters. The first-order valence-electron chi connectivity index (χ1n) is 10.2. The lowest BCUT2D eigenvalue weighted by Crippen LogP contribution is -2.26. The van der Waals surface area contributed by atoms with E-state index < -0.39 is 6.43 Å². The SMILES string of the molecule is CNC(=O)c1c[nH]c2cnc(N3CCCc4cc(-c5cnn(C)c5)c(C(F)F)cc43)nc12. The van der Waals surface area contributed by atoms with Crippen LogP contribution in [0.1, 0.15) is 34.3 Å². The van der Waals surface area contributed by atoms with Gasteiger partial charge in [-0.25, -0.2) is 18.7 Å². The molecule has 0 aliphatic carbocycles. The van der Waals surface area contributed by atoms with E-state index in [0.29, 0.717) is 45.9 Å². The molecule has 1 amide bonds. The van der Waals surface area contributed by atoms with Gasteiger partial charge in [0.05, 0.1) is 23.5 Å². The Bertz CT molecular complexity index is 1330. The van der Waals surface area contributed by atoms with E-state index in [4.69, 9.17) is 0 Å². The minimum absolute atomic E-state index is 0.0579. The predicted octanol–water partition coefficient (Wildman–Crippen LogP) is 3.74. The highest BCUT2D eigenvalue weighted by Crippen LogP contribution is 2.40. The predicted molar refractivity (Wildman–Crippen MR) is 116 cm³/mol. The molecule has 0 bridgehead atoms. The minimum atomic E-state index is -2.65. The Morgan fingerprint density at radius 2 is 2.12 bits per heavy atom. The summed E-state index contributed by atoms with van der Waals surface area (Å²) in [5.41, 5.74) is 4.22. The topological polar surface area (TPSA) is 91.7 Å². The van der Waals surface area contributed by atoms with Crippen LogP contribution in [0, 0.1) is 0 Å². The molecular weight excluding hydrogens is 416 g/mol. The summed E-state index contributed by atoms with van der Waals surface area (Å²) in [5, 5.41) is 6.72. The lowest BCUT2D eigenvalue weighted by molar-refractivity contribution is 0.0964. The molecule has 1 aliphatic rings. The van der Waals surface area contributed by atoms with Crippen molar-refractivity contribution in [3.63, 3.8) is 0 Å². The van der Waals surface area contributed by atoms with Crippen molar-refractivity contribution < 1.29 is 13.6 Å². The van der Waals surface area contributed by atoms with E-state index in [-0.39, 0.29) is 11.5 Å². The molecule has 32 heavy (non-hydrogen) atoms. The smallest absolute Gasteiger partial charge is 0.264 e. The Morgan fingerprint density at radius 3 is 2.84 bits per heavy atom. The van der Waals surface area contributed by atoms with Gasteiger partial charge in [-0.3, -0.25) is 9.48 Å². The molecular formula is C22H21F2N7O. The van der Waals surface area contributed by atoms with Gasteiger partial charge < -0.3 is 15.2 Å². The first kappa shape index (κ1) is 20.1. The van der Waals surface area contributed by atoms with Crippen molar-refractivity contribution in [3.05, 3.63) is 53.6 Å². The van der Waals surface area contributed by atoms with Crippen molar-refractivity contribution in [1.29, 1.82) is 0 Å². The molecule has 0 saturated carbocycles. The van der Waals surface area contributed by atoms with Gasteiger partial charge in [0.1, 0.15) is 5.52 Å². The standard InChI is InChI=1S/C22H21F2N7O/c1-25-21(32)16-9-26-17-10-27-22(29-19(16)17)31-5-3-4-12-6-14(13-8-28-30(2)11-13)15(20(23)24)7-18(12)31/h6-11,20,26H,3-5H2,1-2H3,(H,25,32). The van der Waals surface area contributed by atoms with Crippen LogP contribution < -0.4 is 10.2 Å². The molecule has 0 unspecified atom stereocenters. The Morgan fingerprint density at radius 1 is 1.28 bits per heavy atom. The second-order valence-corrected chi connectivity index (χ2v) is 7.74. The Balaban J connectivity index is 1.63. The highest BCUT2D eigenvalue weighted by Gasteiger charge is 2.26. The molecule has 1 aliphatic heterocycles. The fraction of sp³-hybridized carbons (Fsp3) is 0.273. The van der Waals surface area contributed by atoms with Crippen LogP contribution in [0.25, 0.3) is 22.2 Å². The summed E-state index contributed by atoms with van der Waals surface area (Å²) in [4.78, 5) is 26.1. The molecule has 4 aromatic rings. The van der Waals surface area contributed by atoms with Gasteiger partial charge in [-0.1, -0.05) is 0 Å². The van der Waals surface area contributed by atoms with Gasteiger partial charge in [0.25, 0.3) is 12.3 Å². The summed E-state index contributed by atoms with van der Waals surface area (Å²) in [5.74, 6) is 0.110. The van der Waals surface area contributed by atoms with Gasteiger partial charge in [0.15, 0.2) is 0 Å². The van der Waals surface area contributed by atoms with E-state index in [1.165, 1.54) is 6.07 Å². The zero-order valence-corrected chi connectivity index (χ0v) is 17.6. The van der Waals surface area contributed by atoms with Gasteiger partial charge in [-0.15, -0.1) is 0 Å². The summed E-state index contributed by atoms with van der Waals surface area (Å²) in [6.45, 7) is 0.590. The number of carbonyl (C=O) groups is 1. The molecule has 10 heteroatoms. The number of rotatable bonds is 4. The third-order valence-corrected chi connectivity index (χ3v) is 5.74. The number of aryl methyl sites for hydroxylation is 2. The van der Waals surface area contributed by atoms with Crippen molar-refractivity contribution in [3.8, 4) is 11.1 Å². The fourth-order valence-electron chi connectivity index (χ4n) is 4.19. The molecule has 0 spiro atoms. The number of carbonyl (C=O) groups excluding carboxylic acids is 1. The summed E-state index contributed by atoms with van der Waals surface area (Å²) in [6.07, 6.45) is 5.46. The van der Waals surface area contributed by atoms with Crippen molar-refractivity contribution >= 4 is 28.6 Å². The van der Waals surface area contributed by atoms with E-state index in [2.05, 4.69) is 25.4 Å². The molecule has 0 saturated heterocycles. The lowest BCUT2D eigenvalue weighted by atomic mass is 9.93. The summed E-state index contributed by atoms with van der Waals surface area (Å²) >= 11 is 0. The zero-order valence-electron chi connectivity index (χ0n) is 17.6. The third-order valence-electron chi connectivity index (χ3n) is 5.74. The third kappa shape index (κ3) is 3.28. The van der Waals surface area contributed by atoms with Crippen molar-refractivity contribution in [1.82, 2.24) is 30.0 Å². The van der Waals surface area contributed by atoms with Crippen LogP contribution in [0.3, 0.4) is 0 Å². The molecule has 1 aromatic carbocycles. The highest BCUT2D eigenvalue weighted by atomic mass is 19.3. The van der Waals surface area contributed by atoms with E-state index in [9.17, 15) is 13.6 Å². The number of H-pyrrole nitrogens is 1. The van der Waals surface area contributed by atoms with Gasteiger partial charge in [0.2, 0.25) is 5.95 Å². The number of hydrogen-bond donors (Lipinski definition) is 2. The van der Waals surface area contributed by atoms with Crippen molar-refractivity contribution in [2.45, 2.75) is 19.3 Å². The number of benzene rings is 1. The molecule has 3 aromatic heterocycles. The van der Waals surface area contributed by atoms with Crippen LogP contribution in [-0.2, 0) is 13.5 Å². The second-order valence-electron chi connectivity index (χ2n) is 7.74. The van der Waals surface area contributed by atoms with Crippen LogP contribution >= 0.6 is 0 Å². The number of aromatic amines is 1. The van der Waals surface area contributed by atoms with Crippen LogP contribution in [-0.4, -0.2) is 44.2 Å². The van der Waals surface area contributed by atoms with Crippen LogP contribution in [0.2, 0.25) is 0 Å². The number of amides is 1. The first-order chi connectivity index (χ1) is 15.5. The number of aromatic nitrogens is 5. The second kappa shape index (κ2) is 7.70. The molecule has 2 N–H and O–H groups in total. The van der Waals surface area contributed by atoms with Crippen LogP contribution in [0.5, 0.6) is 0 Å². The molecule has 4 heterocycles. The number of fused-ring (bicyclic) bond motifs is 2. The molecule has 164 valence electrons. The van der Waals surface area contributed by atoms with Crippen LogP contribution in [0.15, 0.2) is 36.9 Å². The largest absolute Gasteiger partial charge is 0.358 e. The van der Waals surface area contributed by atoms with E-state index in [0.717, 1.165) is 18.4 Å². The molecule has 0 radical (unpaired) electrons. The number of nitrogens with zero attached hydrogens (tertiary/aromatic N) is 5. The quantitative estimate of drug-likeness (QED) is 0.508. The average Bonchev–Trinajstić information content (AvgIpc) is 3.43. The molecule has 5 rings (SSSR count). The Hall–Kier alpha value is -3.82. The summed E-state index contributed by atoms with van der Waals surface area (Å²) in [6, 6.07) is 3.36. The summed E-state index contributed by atoms with van der Waals surface area (Å²) in [7, 11) is 3.31. The maximum atomic E-state index is 14.0. The molecule has 8 nitrogen and oxygen atoms in total. The number of alkyl halides is 2. The average molecular weight is 437 g/mol. The Labute approximate surface area is 182 Å². The maximum Gasteiger partial charge on any atom is 0.264 e. The monoisotopic (exact) mass is 437 g/mol. The maximum absolute atomic E-state index is 14.0. The zero-order chi connectivity index (χ0) is 22.4. The normalized spacial score (nSPS) is 13.6. The van der Waals surface area contributed by atoms with E-state index >= 15 is 0 Å². The van der Waals surface area contributed by atoms with Crippen LogP contribution in [0.4, 0.5) is 20.4 Å². The Kier molecular flexibility index (Phi) is 4.84. The fourth-order valence-corrected chi connectivity index (χ4v) is 4.19. The van der Waals surface area contributed by atoms with E-state index in [1.807, 2.05) is 11.0 Å². The van der Waals surface area contributed by atoms with Gasteiger partial charge in [-0.2, -0.15) is 5.10 Å². The molecule has 0 fully saturated rings. The van der Waals surface area contributed by atoms with Gasteiger partial charge in [0, 0.05) is 49.8 Å². The highest BCUT2D eigenvalue weighted by molar-refractivity contribution is 6.05. The van der Waals surface area contributed by atoms with E-state index in [1.54, 1.807) is 43.6 Å². The minimum Gasteiger partial charge on any atom is -0.358 e. The van der Waals surface area contributed by atoms with Gasteiger partial charge in [-0.05, 0) is 36.1 Å². The first-order valence-corrected chi connectivity index (χ1v) is 10.2. The number of halogens is 2. The lowest BCUT2D eigenvalue weighted by Gasteiger charge is -2.30. The summed E-state index contributed by atoms with van der Waals surface area (Å²) < 4.78 is 29.7. The number of hydrogen-bond acceptors (Lipinski definition) is 5. The number of anilines is 2. The van der Waals surface area contributed by atoms with Crippen molar-refractivity contribution in [2.75, 3.05) is 18.5 Å². The number of nitrogens with one attached hydrogen (secondary N) is 2.